The molecule has 0 bridgehead atoms. The Labute approximate surface area is 101 Å². The summed E-state index contributed by atoms with van der Waals surface area (Å²) >= 11 is 0. The fourth-order valence-corrected chi connectivity index (χ4v) is 2.36. The van der Waals surface area contributed by atoms with Crippen LogP contribution in [0.3, 0.4) is 0 Å². The molecule has 0 radical (unpaired) electrons. The van der Waals surface area contributed by atoms with Crippen molar-refractivity contribution in [3.63, 3.8) is 0 Å². The molecule has 17 heavy (non-hydrogen) atoms. The number of aryl methyl sites for hydroxylation is 1. The third-order valence-corrected chi connectivity index (χ3v) is 3.26. The van der Waals surface area contributed by atoms with E-state index in [2.05, 4.69) is 60.8 Å². The number of hydrogen-bond donors (Lipinski definition) is 1. The molecule has 1 N–H and O–H groups in total. The van der Waals surface area contributed by atoms with Crippen LogP contribution in [-0.4, -0.2) is 7.05 Å². The Morgan fingerprint density at radius 3 is 2.53 bits per heavy atom. The highest BCUT2D eigenvalue weighted by Gasteiger charge is 2.01. The summed E-state index contributed by atoms with van der Waals surface area (Å²) in [7, 11) is 1.97. The second-order valence-electron chi connectivity index (χ2n) is 4.48. The smallest absolute Gasteiger partial charge is 0.0417 e. The molecule has 1 heteroatoms. The second kappa shape index (κ2) is 3.77. The second-order valence-corrected chi connectivity index (χ2v) is 4.48. The first-order valence-electron chi connectivity index (χ1n) is 5.89. The average molecular weight is 221 g/mol. The van der Waals surface area contributed by atoms with Crippen molar-refractivity contribution in [3.8, 4) is 0 Å². The van der Waals surface area contributed by atoms with Gasteiger partial charge in [0.15, 0.2) is 0 Å². The van der Waals surface area contributed by atoms with Crippen molar-refractivity contribution in [3.05, 3.63) is 54.1 Å². The largest absolute Gasteiger partial charge is 0.388 e. The minimum atomic E-state index is 1.19. The molecule has 0 aliphatic heterocycles. The summed E-state index contributed by atoms with van der Waals surface area (Å²) in [4.78, 5) is 0. The zero-order valence-electron chi connectivity index (χ0n) is 10.1. The molecule has 1 nitrogen and oxygen atoms in total. The van der Waals surface area contributed by atoms with E-state index in [1.807, 2.05) is 7.05 Å². The predicted octanol–water partition coefficient (Wildman–Crippen LogP) is 4.34. The zero-order valence-corrected chi connectivity index (χ0v) is 10.1. The van der Waals surface area contributed by atoms with E-state index in [0.717, 1.165) is 0 Å². The summed E-state index contributed by atoms with van der Waals surface area (Å²) in [6.07, 6.45) is 0. The maximum atomic E-state index is 3.25. The molecule has 0 atom stereocenters. The van der Waals surface area contributed by atoms with Gasteiger partial charge in [-0.25, -0.2) is 0 Å². The standard InChI is InChI=1S/C16H15N/c1-11-6-7-12-10-15-13(9-14(12)8-11)4-3-5-16(15)17-2/h3-10,17H,1-2H3. The van der Waals surface area contributed by atoms with Crippen LogP contribution in [0.4, 0.5) is 5.69 Å². The molecule has 0 heterocycles. The Balaban J connectivity index is 2.43. The Bertz CT molecular complexity index is 698. The molecular weight excluding hydrogens is 206 g/mol. The van der Waals surface area contributed by atoms with Crippen LogP contribution in [0.1, 0.15) is 5.56 Å². The van der Waals surface area contributed by atoms with Crippen molar-refractivity contribution in [2.24, 2.45) is 0 Å². The van der Waals surface area contributed by atoms with Crippen molar-refractivity contribution in [1.29, 1.82) is 0 Å². The number of anilines is 1. The number of benzene rings is 3. The van der Waals surface area contributed by atoms with E-state index in [-0.39, 0.29) is 0 Å². The molecule has 0 saturated carbocycles. The topological polar surface area (TPSA) is 12.0 Å². The van der Waals surface area contributed by atoms with Gasteiger partial charge in [-0.05, 0) is 41.3 Å². The fraction of sp³-hybridized carbons (Fsp3) is 0.125. The Hall–Kier alpha value is -2.02. The van der Waals surface area contributed by atoms with Crippen LogP contribution in [0.15, 0.2) is 48.5 Å². The zero-order chi connectivity index (χ0) is 11.8. The van der Waals surface area contributed by atoms with Gasteiger partial charge in [0, 0.05) is 18.1 Å². The van der Waals surface area contributed by atoms with Crippen LogP contribution in [0, 0.1) is 6.92 Å². The molecule has 0 unspecified atom stereocenters. The molecule has 0 saturated heterocycles. The van der Waals surface area contributed by atoms with Crippen molar-refractivity contribution < 1.29 is 0 Å². The van der Waals surface area contributed by atoms with Crippen LogP contribution in [-0.2, 0) is 0 Å². The maximum absolute atomic E-state index is 3.25. The molecule has 0 amide bonds. The number of nitrogens with one attached hydrogen (secondary N) is 1. The highest BCUT2D eigenvalue weighted by molar-refractivity contribution is 6.03. The lowest BCUT2D eigenvalue weighted by atomic mass is 10.0. The van der Waals surface area contributed by atoms with Crippen LogP contribution >= 0.6 is 0 Å². The summed E-state index contributed by atoms with van der Waals surface area (Å²) in [6, 6.07) is 17.5. The first kappa shape index (κ1) is 10.2. The molecule has 0 aliphatic rings. The number of fused-ring (bicyclic) bond motifs is 2. The normalized spacial score (nSPS) is 10.9. The van der Waals surface area contributed by atoms with E-state index in [0.29, 0.717) is 0 Å². The third-order valence-electron chi connectivity index (χ3n) is 3.26. The Morgan fingerprint density at radius 1 is 0.824 bits per heavy atom. The van der Waals surface area contributed by atoms with Gasteiger partial charge in [0.2, 0.25) is 0 Å². The molecule has 0 aliphatic carbocycles. The maximum Gasteiger partial charge on any atom is 0.0417 e. The quantitative estimate of drug-likeness (QED) is 0.603. The van der Waals surface area contributed by atoms with Gasteiger partial charge in [0.25, 0.3) is 0 Å². The number of hydrogen-bond acceptors (Lipinski definition) is 1. The molecule has 0 spiro atoms. The van der Waals surface area contributed by atoms with Gasteiger partial charge in [-0.15, -0.1) is 0 Å². The van der Waals surface area contributed by atoms with Crippen LogP contribution in [0.5, 0.6) is 0 Å². The third kappa shape index (κ3) is 1.64. The molecule has 0 fully saturated rings. The van der Waals surface area contributed by atoms with E-state index in [9.17, 15) is 0 Å². The van der Waals surface area contributed by atoms with E-state index in [1.54, 1.807) is 0 Å². The summed E-state index contributed by atoms with van der Waals surface area (Å²) in [5, 5.41) is 8.42. The van der Waals surface area contributed by atoms with Crippen LogP contribution < -0.4 is 5.32 Å². The van der Waals surface area contributed by atoms with Gasteiger partial charge in [-0.2, -0.15) is 0 Å². The summed E-state index contributed by atoms with van der Waals surface area (Å²) < 4.78 is 0. The molecule has 3 rings (SSSR count). The molecule has 84 valence electrons. The molecule has 3 aromatic rings. The van der Waals surface area contributed by atoms with Crippen LogP contribution in [0.2, 0.25) is 0 Å². The van der Waals surface area contributed by atoms with Gasteiger partial charge in [-0.1, -0.05) is 35.9 Å². The highest BCUT2D eigenvalue weighted by Crippen LogP contribution is 2.28. The Morgan fingerprint density at radius 2 is 1.71 bits per heavy atom. The predicted molar refractivity (Wildman–Crippen MR) is 75.7 cm³/mol. The lowest BCUT2D eigenvalue weighted by Crippen LogP contribution is -1.89. The van der Waals surface area contributed by atoms with E-state index >= 15 is 0 Å². The van der Waals surface area contributed by atoms with E-state index < -0.39 is 0 Å². The van der Waals surface area contributed by atoms with E-state index in [4.69, 9.17) is 0 Å². The van der Waals surface area contributed by atoms with Gasteiger partial charge >= 0.3 is 0 Å². The highest BCUT2D eigenvalue weighted by atomic mass is 14.8. The van der Waals surface area contributed by atoms with Gasteiger partial charge in [-0.3, -0.25) is 0 Å². The monoisotopic (exact) mass is 221 g/mol. The Kier molecular flexibility index (Phi) is 2.25. The van der Waals surface area contributed by atoms with Gasteiger partial charge in [0.1, 0.15) is 0 Å². The van der Waals surface area contributed by atoms with Crippen molar-refractivity contribution in [2.45, 2.75) is 6.92 Å². The summed E-state index contributed by atoms with van der Waals surface area (Å²) in [6.45, 7) is 2.13. The van der Waals surface area contributed by atoms with Crippen molar-refractivity contribution in [1.82, 2.24) is 0 Å². The number of rotatable bonds is 1. The van der Waals surface area contributed by atoms with Crippen molar-refractivity contribution in [2.75, 3.05) is 12.4 Å². The lowest BCUT2D eigenvalue weighted by Gasteiger charge is -2.08. The van der Waals surface area contributed by atoms with Gasteiger partial charge in [0.05, 0.1) is 0 Å². The summed E-state index contributed by atoms with van der Waals surface area (Å²) in [5.74, 6) is 0. The molecule has 3 aromatic carbocycles. The molecular formula is C16H15N. The van der Waals surface area contributed by atoms with Gasteiger partial charge < -0.3 is 5.32 Å². The van der Waals surface area contributed by atoms with Crippen molar-refractivity contribution >= 4 is 27.2 Å². The first-order valence-corrected chi connectivity index (χ1v) is 5.89. The molecule has 0 aromatic heterocycles. The van der Waals surface area contributed by atoms with E-state index in [1.165, 1.54) is 32.8 Å². The average Bonchev–Trinajstić information content (AvgIpc) is 2.35. The minimum Gasteiger partial charge on any atom is -0.388 e. The first-order chi connectivity index (χ1) is 8.28. The summed E-state index contributed by atoms with van der Waals surface area (Å²) in [5.41, 5.74) is 2.49. The SMILES string of the molecule is CNc1cccc2cc3cc(C)ccc3cc12. The minimum absolute atomic E-state index is 1.19. The lowest BCUT2D eigenvalue weighted by molar-refractivity contribution is 1.51. The van der Waals surface area contributed by atoms with Crippen LogP contribution in [0.25, 0.3) is 21.5 Å². The fourth-order valence-electron chi connectivity index (χ4n) is 2.36.